The second-order valence-electron chi connectivity index (χ2n) is 7.71. The standard InChI is InChI=1S/C23H26FN5O2S/c1-16-4-8-19(9-5-16)26-22(30)15-32-23-28-27-21(29(23)14-20-3-2-12-31-20)13-25-18-10-6-17(24)7-11-18/h4-11,20,25H,2-3,12-15H2,1H3,(H,26,30). The highest BCUT2D eigenvalue weighted by molar-refractivity contribution is 7.99. The lowest BCUT2D eigenvalue weighted by molar-refractivity contribution is -0.113. The van der Waals surface area contributed by atoms with E-state index in [0.29, 0.717) is 18.2 Å². The Labute approximate surface area is 190 Å². The van der Waals surface area contributed by atoms with E-state index in [4.69, 9.17) is 4.74 Å². The van der Waals surface area contributed by atoms with Crippen molar-refractivity contribution < 1.29 is 13.9 Å². The van der Waals surface area contributed by atoms with Crippen molar-refractivity contribution in [3.63, 3.8) is 0 Å². The average molecular weight is 456 g/mol. The summed E-state index contributed by atoms with van der Waals surface area (Å²) >= 11 is 1.35. The predicted molar refractivity (Wildman–Crippen MR) is 123 cm³/mol. The molecule has 0 radical (unpaired) electrons. The topological polar surface area (TPSA) is 81.1 Å². The van der Waals surface area contributed by atoms with Gasteiger partial charge in [0.05, 0.1) is 24.9 Å². The van der Waals surface area contributed by atoms with E-state index in [9.17, 15) is 9.18 Å². The number of aryl methyl sites for hydroxylation is 1. The number of carbonyl (C=O) groups excluding carboxylic acids is 1. The Morgan fingerprint density at radius 3 is 2.62 bits per heavy atom. The van der Waals surface area contributed by atoms with Crippen LogP contribution in [0, 0.1) is 12.7 Å². The molecule has 1 aliphatic rings. The molecule has 32 heavy (non-hydrogen) atoms. The Hall–Kier alpha value is -2.91. The largest absolute Gasteiger partial charge is 0.378 e. The number of aromatic nitrogens is 3. The van der Waals surface area contributed by atoms with E-state index < -0.39 is 0 Å². The number of ether oxygens (including phenoxy) is 1. The minimum absolute atomic E-state index is 0.100. The Morgan fingerprint density at radius 2 is 1.91 bits per heavy atom. The second-order valence-corrected chi connectivity index (χ2v) is 8.65. The molecule has 7 nitrogen and oxygen atoms in total. The molecule has 168 valence electrons. The maximum atomic E-state index is 13.1. The molecular formula is C23H26FN5O2S. The first-order valence-corrected chi connectivity index (χ1v) is 11.6. The zero-order valence-corrected chi connectivity index (χ0v) is 18.7. The van der Waals surface area contributed by atoms with E-state index in [1.165, 1.54) is 23.9 Å². The molecule has 0 bridgehead atoms. The molecule has 2 heterocycles. The number of amides is 1. The number of nitrogens with one attached hydrogen (secondary N) is 2. The maximum Gasteiger partial charge on any atom is 0.234 e. The van der Waals surface area contributed by atoms with Crippen LogP contribution in [-0.4, -0.2) is 39.1 Å². The van der Waals surface area contributed by atoms with Gasteiger partial charge in [-0.25, -0.2) is 4.39 Å². The van der Waals surface area contributed by atoms with Crippen LogP contribution in [0.1, 0.15) is 24.2 Å². The van der Waals surface area contributed by atoms with E-state index in [1.54, 1.807) is 12.1 Å². The Kier molecular flexibility index (Phi) is 7.39. The fourth-order valence-corrected chi connectivity index (χ4v) is 4.21. The maximum absolute atomic E-state index is 13.1. The number of anilines is 2. The molecule has 1 aromatic heterocycles. The lowest BCUT2D eigenvalue weighted by atomic mass is 10.2. The summed E-state index contributed by atoms with van der Waals surface area (Å²) in [5.74, 6) is 0.589. The zero-order chi connectivity index (χ0) is 22.3. The van der Waals surface area contributed by atoms with Crippen LogP contribution in [0.2, 0.25) is 0 Å². The van der Waals surface area contributed by atoms with Crippen molar-refractivity contribution >= 4 is 29.0 Å². The van der Waals surface area contributed by atoms with Gasteiger partial charge < -0.3 is 19.9 Å². The first kappa shape index (κ1) is 22.3. The molecule has 1 atom stereocenters. The molecule has 1 unspecified atom stereocenters. The molecule has 1 amide bonds. The summed E-state index contributed by atoms with van der Waals surface area (Å²) in [6.07, 6.45) is 2.13. The number of halogens is 1. The summed E-state index contributed by atoms with van der Waals surface area (Å²) in [7, 11) is 0. The van der Waals surface area contributed by atoms with Crippen LogP contribution in [-0.2, 0) is 22.6 Å². The smallest absolute Gasteiger partial charge is 0.234 e. The first-order chi connectivity index (χ1) is 15.6. The van der Waals surface area contributed by atoms with Gasteiger partial charge in [-0.05, 0) is 56.2 Å². The number of thioether (sulfide) groups is 1. The van der Waals surface area contributed by atoms with Crippen molar-refractivity contribution in [1.82, 2.24) is 14.8 Å². The number of hydrogen-bond acceptors (Lipinski definition) is 6. The predicted octanol–water partition coefficient (Wildman–Crippen LogP) is 4.25. The van der Waals surface area contributed by atoms with Crippen LogP contribution in [0.4, 0.5) is 15.8 Å². The number of carbonyl (C=O) groups is 1. The van der Waals surface area contributed by atoms with Gasteiger partial charge in [-0.15, -0.1) is 10.2 Å². The minimum Gasteiger partial charge on any atom is -0.378 e. The van der Waals surface area contributed by atoms with E-state index >= 15 is 0 Å². The summed E-state index contributed by atoms with van der Waals surface area (Å²) in [4.78, 5) is 12.4. The molecule has 1 fully saturated rings. The summed E-state index contributed by atoms with van der Waals surface area (Å²) in [5.41, 5.74) is 2.71. The normalized spacial score (nSPS) is 15.6. The van der Waals surface area contributed by atoms with E-state index in [1.807, 2.05) is 35.8 Å². The lowest BCUT2D eigenvalue weighted by Gasteiger charge is -2.15. The molecule has 9 heteroatoms. The van der Waals surface area contributed by atoms with Gasteiger partial charge in [0.2, 0.25) is 5.91 Å². The monoisotopic (exact) mass is 455 g/mol. The first-order valence-electron chi connectivity index (χ1n) is 10.6. The molecular weight excluding hydrogens is 429 g/mol. The van der Waals surface area contributed by atoms with E-state index in [2.05, 4.69) is 20.8 Å². The molecule has 0 aliphatic carbocycles. The van der Waals surface area contributed by atoms with Crippen LogP contribution < -0.4 is 10.6 Å². The van der Waals surface area contributed by atoms with Crippen molar-refractivity contribution in [2.75, 3.05) is 23.0 Å². The summed E-state index contributed by atoms with van der Waals surface area (Å²) in [6.45, 7) is 3.83. The van der Waals surface area contributed by atoms with E-state index in [-0.39, 0.29) is 23.6 Å². The number of hydrogen-bond donors (Lipinski definition) is 2. The average Bonchev–Trinajstić information content (AvgIpc) is 3.44. The highest BCUT2D eigenvalue weighted by Crippen LogP contribution is 2.22. The van der Waals surface area contributed by atoms with Crippen LogP contribution in [0.5, 0.6) is 0 Å². The molecule has 1 saturated heterocycles. The summed E-state index contributed by atoms with van der Waals surface area (Å²) in [5, 5.41) is 15.5. The van der Waals surface area contributed by atoms with Gasteiger partial charge in [-0.1, -0.05) is 29.5 Å². The zero-order valence-electron chi connectivity index (χ0n) is 17.9. The lowest BCUT2D eigenvalue weighted by Crippen LogP contribution is -2.20. The quantitative estimate of drug-likeness (QED) is 0.470. The molecule has 2 aromatic carbocycles. The van der Waals surface area contributed by atoms with Crippen molar-refractivity contribution in [1.29, 1.82) is 0 Å². The fraction of sp³-hybridized carbons (Fsp3) is 0.348. The van der Waals surface area contributed by atoms with Gasteiger partial charge in [-0.2, -0.15) is 0 Å². The van der Waals surface area contributed by atoms with Gasteiger partial charge in [0, 0.05) is 18.0 Å². The van der Waals surface area contributed by atoms with Crippen molar-refractivity contribution in [3.05, 3.63) is 65.7 Å². The Balaban J connectivity index is 1.41. The third-order valence-corrected chi connectivity index (χ3v) is 6.13. The molecule has 4 rings (SSSR count). The highest BCUT2D eigenvalue weighted by Gasteiger charge is 2.21. The van der Waals surface area contributed by atoms with E-state index in [0.717, 1.165) is 42.2 Å². The van der Waals surface area contributed by atoms with Gasteiger partial charge in [0.25, 0.3) is 0 Å². The SMILES string of the molecule is Cc1ccc(NC(=O)CSc2nnc(CNc3ccc(F)cc3)n2CC2CCCO2)cc1. The van der Waals surface area contributed by atoms with Crippen molar-refractivity contribution in [2.45, 2.75) is 44.1 Å². The fourth-order valence-electron chi connectivity index (χ4n) is 3.44. The number of nitrogens with zero attached hydrogens (tertiary/aromatic N) is 3. The molecule has 1 aliphatic heterocycles. The Morgan fingerprint density at radius 1 is 1.16 bits per heavy atom. The molecule has 3 aromatic rings. The Bertz CT molecular complexity index is 1030. The van der Waals surface area contributed by atoms with Crippen LogP contribution >= 0.6 is 11.8 Å². The number of rotatable bonds is 9. The molecule has 0 spiro atoms. The van der Waals surface area contributed by atoms with Gasteiger partial charge in [-0.3, -0.25) is 4.79 Å². The van der Waals surface area contributed by atoms with Gasteiger partial charge in [0.15, 0.2) is 11.0 Å². The minimum atomic E-state index is -0.278. The van der Waals surface area contributed by atoms with Crippen LogP contribution in [0.25, 0.3) is 0 Å². The summed E-state index contributed by atoms with van der Waals surface area (Å²) < 4.78 is 21.0. The third kappa shape index (κ3) is 6.08. The molecule has 2 N–H and O–H groups in total. The van der Waals surface area contributed by atoms with Gasteiger partial charge >= 0.3 is 0 Å². The van der Waals surface area contributed by atoms with Crippen molar-refractivity contribution in [2.24, 2.45) is 0 Å². The van der Waals surface area contributed by atoms with Crippen molar-refractivity contribution in [3.8, 4) is 0 Å². The second kappa shape index (κ2) is 10.6. The number of benzene rings is 2. The van der Waals surface area contributed by atoms with Gasteiger partial charge in [0.1, 0.15) is 5.82 Å². The van der Waals surface area contributed by atoms with Crippen LogP contribution in [0.15, 0.2) is 53.7 Å². The highest BCUT2D eigenvalue weighted by atomic mass is 32.2. The third-order valence-electron chi connectivity index (χ3n) is 5.17. The summed E-state index contributed by atoms with van der Waals surface area (Å²) in [6, 6.07) is 13.9. The molecule has 0 saturated carbocycles. The van der Waals surface area contributed by atoms with Crippen LogP contribution in [0.3, 0.4) is 0 Å².